The molecule has 0 spiro atoms. The van der Waals surface area contributed by atoms with Crippen LogP contribution in [0.2, 0.25) is 5.02 Å². The van der Waals surface area contributed by atoms with E-state index < -0.39 is 23.3 Å². The molecule has 0 atom stereocenters. The first-order chi connectivity index (χ1) is 9.29. The highest BCUT2D eigenvalue weighted by Gasteiger charge is 2.31. The third-order valence-corrected chi connectivity index (χ3v) is 2.86. The fourth-order valence-corrected chi connectivity index (χ4v) is 1.82. The minimum absolute atomic E-state index is 0.100. The summed E-state index contributed by atoms with van der Waals surface area (Å²) in [5.41, 5.74) is -1.52. The average molecular weight is 303 g/mol. The van der Waals surface area contributed by atoms with E-state index in [0.29, 0.717) is 6.07 Å². The normalized spacial score (nSPS) is 11.4. The fraction of sp³-hybridized carbons (Fsp3) is 0.0714. The number of halogens is 5. The summed E-state index contributed by atoms with van der Waals surface area (Å²) in [6.07, 6.45) is -4.56. The number of hydrogen-bond donors (Lipinski definition) is 0. The van der Waals surface area contributed by atoms with Gasteiger partial charge in [-0.25, -0.2) is 4.39 Å². The number of alkyl halides is 3. The molecule has 2 aromatic carbocycles. The fourth-order valence-electron chi connectivity index (χ4n) is 1.67. The van der Waals surface area contributed by atoms with E-state index in [0.717, 1.165) is 24.3 Å². The number of rotatable bonds is 2. The van der Waals surface area contributed by atoms with Crippen LogP contribution in [0.5, 0.6) is 0 Å². The van der Waals surface area contributed by atoms with Crippen molar-refractivity contribution in [3.8, 4) is 0 Å². The maximum atomic E-state index is 13.6. The molecule has 0 aliphatic heterocycles. The van der Waals surface area contributed by atoms with Crippen molar-refractivity contribution < 1.29 is 22.4 Å². The van der Waals surface area contributed by atoms with Gasteiger partial charge in [0.1, 0.15) is 5.82 Å². The summed E-state index contributed by atoms with van der Waals surface area (Å²) >= 11 is 5.55. The van der Waals surface area contributed by atoms with E-state index in [2.05, 4.69) is 0 Å². The topological polar surface area (TPSA) is 17.1 Å². The van der Waals surface area contributed by atoms with Crippen LogP contribution in [0.3, 0.4) is 0 Å². The minimum atomic E-state index is -4.56. The lowest BCUT2D eigenvalue weighted by Crippen LogP contribution is -2.09. The van der Waals surface area contributed by atoms with Gasteiger partial charge in [-0.15, -0.1) is 0 Å². The highest BCUT2D eigenvalue weighted by molar-refractivity contribution is 6.30. The van der Waals surface area contributed by atoms with Gasteiger partial charge in [-0.2, -0.15) is 13.2 Å². The highest BCUT2D eigenvalue weighted by atomic mass is 35.5. The van der Waals surface area contributed by atoms with Crippen LogP contribution in [-0.4, -0.2) is 5.78 Å². The molecule has 20 heavy (non-hydrogen) atoms. The van der Waals surface area contributed by atoms with Crippen molar-refractivity contribution in [1.82, 2.24) is 0 Å². The molecule has 0 N–H and O–H groups in total. The van der Waals surface area contributed by atoms with Crippen LogP contribution in [0.1, 0.15) is 21.5 Å². The van der Waals surface area contributed by atoms with Crippen molar-refractivity contribution in [2.45, 2.75) is 6.18 Å². The van der Waals surface area contributed by atoms with Gasteiger partial charge in [0.15, 0.2) is 5.78 Å². The Kier molecular flexibility index (Phi) is 3.81. The Morgan fingerprint density at radius 1 is 1.05 bits per heavy atom. The summed E-state index contributed by atoms with van der Waals surface area (Å²) in [5, 5.41) is 0.100. The molecule has 0 aliphatic carbocycles. The summed E-state index contributed by atoms with van der Waals surface area (Å²) < 4.78 is 51.3. The van der Waals surface area contributed by atoms with Gasteiger partial charge in [0.25, 0.3) is 0 Å². The second-order valence-electron chi connectivity index (χ2n) is 4.03. The number of hydrogen-bond acceptors (Lipinski definition) is 1. The molecule has 0 fully saturated rings. The predicted octanol–water partition coefficient (Wildman–Crippen LogP) is 4.73. The smallest absolute Gasteiger partial charge is 0.288 e. The van der Waals surface area contributed by atoms with E-state index in [1.807, 2.05) is 0 Å². The molecule has 0 aliphatic rings. The van der Waals surface area contributed by atoms with Crippen molar-refractivity contribution in [1.29, 1.82) is 0 Å². The van der Waals surface area contributed by atoms with Crippen molar-refractivity contribution in [2.75, 3.05) is 0 Å². The molecule has 0 unspecified atom stereocenters. The zero-order valence-corrected chi connectivity index (χ0v) is 10.6. The van der Waals surface area contributed by atoms with Gasteiger partial charge >= 0.3 is 6.18 Å². The summed E-state index contributed by atoms with van der Waals surface area (Å²) in [6, 6.07) is 7.20. The van der Waals surface area contributed by atoms with Gasteiger partial charge in [-0.3, -0.25) is 4.79 Å². The first-order valence-electron chi connectivity index (χ1n) is 5.46. The zero-order valence-electron chi connectivity index (χ0n) is 9.84. The second-order valence-corrected chi connectivity index (χ2v) is 4.47. The number of benzene rings is 2. The van der Waals surface area contributed by atoms with E-state index >= 15 is 0 Å². The molecule has 6 heteroatoms. The molecule has 0 aromatic heterocycles. The van der Waals surface area contributed by atoms with Crippen LogP contribution >= 0.6 is 11.6 Å². The van der Waals surface area contributed by atoms with Gasteiger partial charge < -0.3 is 0 Å². The molecule has 0 bridgehead atoms. The van der Waals surface area contributed by atoms with Crippen LogP contribution in [0.4, 0.5) is 17.6 Å². The molecule has 0 radical (unpaired) electrons. The molecular weight excluding hydrogens is 296 g/mol. The first-order valence-corrected chi connectivity index (χ1v) is 5.84. The summed E-state index contributed by atoms with van der Waals surface area (Å²) in [6.45, 7) is 0. The maximum absolute atomic E-state index is 13.6. The van der Waals surface area contributed by atoms with Gasteiger partial charge in [0, 0.05) is 10.6 Å². The van der Waals surface area contributed by atoms with Crippen LogP contribution in [0, 0.1) is 5.82 Å². The van der Waals surface area contributed by atoms with Gasteiger partial charge in [-0.05, 0) is 30.3 Å². The first kappa shape index (κ1) is 14.5. The lowest BCUT2D eigenvalue weighted by Gasteiger charge is -2.08. The van der Waals surface area contributed by atoms with E-state index in [9.17, 15) is 22.4 Å². The van der Waals surface area contributed by atoms with E-state index in [-0.39, 0.29) is 16.1 Å². The molecule has 0 heterocycles. The summed E-state index contributed by atoms with van der Waals surface area (Å²) in [5.74, 6) is -1.70. The number of carbonyl (C=O) groups is 1. The standard InChI is InChI=1S/C14H7ClF4O/c15-10-4-5-11(12(16)7-10)13(20)8-2-1-3-9(6-8)14(17,18)19/h1-7H. The van der Waals surface area contributed by atoms with E-state index in [1.54, 1.807) is 0 Å². The van der Waals surface area contributed by atoms with Gasteiger partial charge in [0.05, 0.1) is 11.1 Å². The van der Waals surface area contributed by atoms with E-state index in [1.165, 1.54) is 12.1 Å². The zero-order chi connectivity index (χ0) is 14.9. The Balaban J connectivity index is 2.44. The lowest BCUT2D eigenvalue weighted by molar-refractivity contribution is -0.137. The molecule has 2 rings (SSSR count). The molecular formula is C14H7ClF4O. The van der Waals surface area contributed by atoms with Crippen molar-refractivity contribution >= 4 is 17.4 Å². The summed E-state index contributed by atoms with van der Waals surface area (Å²) in [4.78, 5) is 12.0. The Bertz CT molecular complexity index is 664. The van der Waals surface area contributed by atoms with Crippen LogP contribution in [-0.2, 0) is 6.18 Å². The quantitative estimate of drug-likeness (QED) is 0.579. The van der Waals surface area contributed by atoms with Crippen molar-refractivity contribution in [2.24, 2.45) is 0 Å². The average Bonchev–Trinajstić information content (AvgIpc) is 2.37. The Labute approximate surface area is 116 Å². The largest absolute Gasteiger partial charge is 0.416 e. The second kappa shape index (κ2) is 5.25. The van der Waals surface area contributed by atoms with Crippen LogP contribution in [0.15, 0.2) is 42.5 Å². The highest BCUT2D eigenvalue weighted by Crippen LogP contribution is 2.30. The summed E-state index contributed by atoms with van der Waals surface area (Å²) in [7, 11) is 0. The minimum Gasteiger partial charge on any atom is -0.288 e. The van der Waals surface area contributed by atoms with Crippen molar-refractivity contribution in [3.05, 3.63) is 70.0 Å². The predicted molar refractivity (Wildman–Crippen MR) is 66.3 cm³/mol. The monoisotopic (exact) mass is 302 g/mol. The van der Waals surface area contributed by atoms with Gasteiger partial charge in [0.2, 0.25) is 0 Å². The SMILES string of the molecule is O=C(c1cccc(C(F)(F)F)c1)c1ccc(Cl)cc1F. The number of carbonyl (C=O) groups excluding carboxylic acids is 1. The van der Waals surface area contributed by atoms with Crippen LogP contribution < -0.4 is 0 Å². The molecule has 2 aromatic rings. The third-order valence-electron chi connectivity index (χ3n) is 2.63. The van der Waals surface area contributed by atoms with Crippen LogP contribution in [0.25, 0.3) is 0 Å². The molecule has 0 saturated heterocycles. The Morgan fingerprint density at radius 3 is 2.35 bits per heavy atom. The molecule has 1 nitrogen and oxygen atoms in total. The van der Waals surface area contributed by atoms with Crippen molar-refractivity contribution in [3.63, 3.8) is 0 Å². The molecule has 0 amide bonds. The Hall–Kier alpha value is -1.88. The Morgan fingerprint density at radius 2 is 1.75 bits per heavy atom. The van der Waals surface area contributed by atoms with Gasteiger partial charge in [-0.1, -0.05) is 23.7 Å². The lowest BCUT2D eigenvalue weighted by atomic mass is 10.0. The molecule has 0 saturated carbocycles. The maximum Gasteiger partial charge on any atom is 0.416 e. The number of ketones is 1. The molecule has 104 valence electrons. The third kappa shape index (κ3) is 2.99. The van der Waals surface area contributed by atoms with E-state index in [4.69, 9.17) is 11.6 Å².